The summed E-state index contributed by atoms with van der Waals surface area (Å²) in [5, 5.41) is 3.15. The van der Waals surface area contributed by atoms with Gasteiger partial charge in [0.1, 0.15) is 0 Å². The zero-order valence-corrected chi connectivity index (χ0v) is 18.6. The normalized spacial score (nSPS) is 14.6. The van der Waals surface area contributed by atoms with E-state index >= 15 is 0 Å². The number of guanidine groups is 1. The maximum Gasteiger partial charge on any atom is 0.416 e. The average Bonchev–Trinajstić information content (AvgIpc) is 3.15. The van der Waals surface area contributed by atoms with E-state index in [1.165, 1.54) is 12.1 Å². The Balaban J connectivity index is 0.00000392. The van der Waals surface area contributed by atoms with Crippen molar-refractivity contribution in [2.75, 3.05) is 33.2 Å². The molecule has 0 unspecified atom stereocenters. The maximum absolute atomic E-state index is 12.7. The van der Waals surface area contributed by atoms with Gasteiger partial charge in [0, 0.05) is 39.6 Å². The first-order valence-electron chi connectivity index (χ1n) is 9.24. The number of rotatable bonds is 6. The summed E-state index contributed by atoms with van der Waals surface area (Å²) in [6.07, 6.45) is -1.84. The molecule has 0 radical (unpaired) electrons. The number of halogens is 4. The van der Waals surface area contributed by atoms with Gasteiger partial charge in [-0.15, -0.1) is 24.0 Å². The molecule has 1 aliphatic heterocycles. The number of hydrogen-bond acceptors (Lipinski definition) is 2. The highest BCUT2D eigenvalue weighted by molar-refractivity contribution is 14.0. The Morgan fingerprint density at radius 1 is 1.21 bits per heavy atom. The minimum Gasteiger partial charge on any atom is -0.357 e. The quantitative estimate of drug-likeness (QED) is 0.359. The van der Waals surface area contributed by atoms with Gasteiger partial charge in [0.25, 0.3) is 0 Å². The molecular formula is C19H28F3IN4O. The van der Waals surface area contributed by atoms with Crippen LogP contribution in [-0.4, -0.2) is 54.9 Å². The highest BCUT2D eigenvalue weighted by Gasteiger charge is 2.30. The molecule has 1 heterocycles. The Bertz CT molecular complexity index is 644. The lowest BCUT2D eigenvalue weighted by molar-refractivity contribution is -0.137. The van der Waals surface area contributed by atoms with E-state index in [1.54, 1.807) is 0 Å². The molecule has 0 saturated carbocycles. The molecule has 1 saturated heterocycles. The molecule has 0 spiro atoms. The molecule has 2 rings (SSSR count). The van der Waals surface area contributed by atoms with Crippen molar-refractivity contribution in [3.05, 3.63) is 35.4 Å². The fourth-order valence-corrected chi connectivity index (χ4v) is 3.00. The highest BCUT2D eigenvalue weighted by atomic mass is 127. The fraction of sp³-hybridized carbons (Fsp3) is 0.579. The first-order valence-corrected chi connectivity index (χ1v) is 9.24. The molecule has 1 fully saturated rings. The third kappa shape index (κ3) is 7.48. The van der Waals surface area contributed by atoms with Gasteiger partial charge in [0.15, 0.2) is 5.96 Å². The minimum atomic E-state index is -4.33. The minimum absolute atomic E-state index is 0. The third-order valence-corrected chi connectivity index (χ3v) is 4.44. The molecule has 28 heavy (non-hydrogen) atoms. The predicted octanol–water partition coefficient (Wildman–Crippen LogP) is 3.73. The van der Waals surface area contributed by atoms with Gasteiger partial charge in [0.2, 0.25) is 5.91 Å². The van der Waals surface area contributed by atoms with E-state index in [-0.39, 0.29) is 29.9 Å². The molecule has 0 aliphatic carbocycles. The Morgan fingerprint density at radius 2 is 1.82 bits per heavy atom. The van der Waals surface area contributed by atoms with Crippen LogP contribution in [0.4, 0.5) is 13.2 Å². The molecule has 1 aromatic rings. The van der Waals surface area contributed by atoms with E-state index in [4.69, 9.17) is 0 Å². The number of carbonyl (C=O) groups excluding carboxylic acids is 1. The molecule has 0 aromatic heterocycles. The number of likely N-dealkylation sites (tertiary alicyclic amines) is 1. The largest absolute Gasteiger partial charge is 0.416 e. The van der Waals surface area contributed by atoms with E-state index in [0.717, 1.165) is 43.6 Å². The lowest BCUT2D eigenvalue weighted by Gasteiger charge is -2.22. The lowest BCUT2D eigenvalue weighted by Crippen LogP contribution is -2.38. The molecular weight excluding hydrogens is 484 g/mol. The van der Waals surface area contributed by atoms with Gasteiger partial charge in [-0.2, -0.15) is 13.2 Å². The number of nitrogens with one attached hydrogen (secondary N) is 1. The molecule has 1 aromatic carbocycles. The smallest absolute Gasteiger partial charge is 0.357 e. The summed E-state index contributed by atoms with van der Waals surface area (Å²) in [5.74, 6) is 0.754. The van der Waals surface area contributed by atoms with Crippen LogP contribution in [0.3, 0.4) is 0 Å². The van der Waals surface area contributed by atoms with E-state index in [2.05, 4.69) is 10.3 Å². The first kappa shape index (κ1) is 24.5. The SMILES string of the molecule is CCNC(=NCCC(=O)N1CCCC1)N(C)Cc1ccc(C(F)(F)F)cc1.I. The van der Waals surface area contributed by atoms with Crippen molar-refractivity contribution in [1.82, 2.24) is 15.1 Å². The van der Waals surface area contributed by atoms with Gasteiger partial charge in [-0.05, 0) is 37.5 Å². The van der Waals surface area contributed by atoms with Crippen LogP contribution >= 0.6 is 24.0 Å². The Morgan fingerprint density at radius 3 is 2.36 bits per heavy atom. The van der Waals surface area contributed by atoms with Gasteiger partial charge in [0.05, 0.1) is 12.1 Å². The second kappa shape index (κ2) is 11.5. The molecule has 9 heteroatoms. The maximum atomic E-state index is 12.7. The van der Waals surface area contributed by atoms with Crippen LogP contribution in [0.15, 0.2) is 29.3 Å². The van der Waals surface area contributed by atoms with Crippen LogP contribution in [0.1, 0.15) is 37.3 Å². The van der Waals surface area contributed by atoms with Crippen LogP contribution in [0, 0.1) is 0 Å². The van der Waals surface area contributed by atoms with Crippen molar-refractivity contribution in [3.8, 4) is 0 Å². The second-order valence-electron chi connectivity index (χ2n) is 6.62. The number of amides is 1. The van der Waals surface area contributed by atoms with Crippen molar-refractivity contribution in [2.45, 2.75) is 38.9 Å². The van der Waals surface area contributed by atoms with E-state index in [9.17, 15) is 18.0 Å². The Kier molecular flexibility index (Phi) is 10.0. The number of carbonyl (C=O) groups is 1. The standard InChI is InChI=1S/C19H27F3N4O.HI/c1-3-23-18(24-11-10-17(27)26-12-4-5-13-26)25(2)14-15-6-8-16(9-7-15)19(20,21)22;/h6-9H,3-5,10-14H2,1-2H3,(H,23,24);1H. The molecule has 0 bridgehead atoms. The summed E-state index contributed by atoms with van der Waals surface area (Å²) in [6.45, 7) is 5.07. The summed E-state index contributed by atoms with van der Waals surface area (Å²) in [7, 11) is 1.82. The van der Waals surface area contributed by atoms with Gasteiger partial charge in [-0.25, -0.2) is 0 Å². The van der Waals surface area contributed by atoms with Crippen LogP contribution < -0.4 is 5.32 Å². The van der Waals surface area contributed by atoms with Crippen molar-refractivity contribution >= 4 is 35.8 Å². The fourth-order valence-electron chi connectivity index (χ4n) is 3.00. The van der Waals surface area contributed by atoms with Crippen molar-refractivity contribution in [1.29, 1.82) is 0 Å². The van der Waals surface area contributed by atoms with Crippen LogP contribution in [0.25, 0.3) is 0 Å². The molecule has 158 valence electrons. The van der Waals surface area contributed by atoms with E-state index < -0.39 is 11.7 Å². The Hall–Kier alpha value is -1.52. The Labute approximate surface area is 181 Å². The first-order chi connectivity index (χ1) is 12.8. The van der Waals surface area contributed by atoms with Crippen LogP contribution in [0.5, 0.6) is 0 Å². The number of benzene rings is 1. The monoisotopic (exact) mass is 512 g/mol. The third-order valence-electron chi connectivity index (χ3n) is 4.44. The number of hydrogen-bond donors (Lipinski definition) is 1. The summed E-state index contributed by atoms with van der Waals surface area (Å²) >= 11 is 0. The summed E-state index contributed by atoms with van der Waals surface area (Å²) in [5.41, 5.74) is 0.0964. The number of alkyl halides is 3. The van der Waals surface area contributed by atoms with Crippen molar-refractivity contribution in [2.24, 2.45) is 4.99 Å². The summed E-state index contributed by atoms with van der Waals surface area (Å²) in [4.78, 5) is 20.3. The molecule has 1 aliphatic rings. The number of aliphatic imine (C=N–C) groups is 1. The topological polar surface area (TPSA) is 47.9 Å². The van der Waals surface area contributed by atoms with Crippen LogP contribution in [0.2, 0.25) is 0 Å². The molecule has 1 amide bonds. The molecule has 5 nitrogen and oxygen atoms in total. The average molecular weight is 512 g/mol. The summed E-state index contributed by atoms with van der Waals surface area (Å²) < 4.78 is 38.0. The van der Waals surface area contributed by atoms with Crippen molar-refractivity contribution in [3.63, 3.8) is 0 Å². The second-order valence-corrected chi connectivity index (χ2v) is 6.62. The predicted molar refractivity (Wildman–Crippen MR) is 115 cm³/mol. The van der Waals surface area contributed by atoms with Crippen LogP contribution in [-0.2, 0) is 17.5 Å². The van der Waals surface area contributed by atoms with E-state index in [0.29, 0.717) is 32.0 Å². The zero-order valence-electron chi connectivity index (χ0n) is 16.3. The zero-order chi connectivity index (χ0) is 19.9. The van der Waals surface area contributed by atoms with E-state index in [1.807, 2.05) is 23.8 Å². The lowest BCUT2D eigenvalue weighted by atomic mass is 10.1. The highest BCUT2D eigenvalue weighted by Crippen LogP contribution is 2.29. The molecule has 1 N–H and O–H groups in total. The van der Waals surface area contributed by atoms with Gasteiger partial charge in [-0.1, -0.05) is 12.1 Å². The summed E-state index contributed by atoms with van der Waals surface area (Å²) in [6, 6.07) is 5.11. The van der Waals surface area contributed by atoms with Gasteiger partial charge in [-0.3, -0.25) is 9.79 Å². The van der Waals surface area contributed by atoms with Gasteiger partial charge >= 0.3 is 6.18 Å². The number of nitrogens with zero attached hydrogens (tertiary/aromatic N) is 3. The molecule has 0 atom stereocenters. The van der Waals surface area contributed by atoms with Crippen molar-refractivity contribution < 1.29 is 18.0 Å². The van der Waals surface area contributed by atoms with Gasteiger partial charge < -0.3 is 15.1 Å².